The standard InChI is InChI=1S/C9H6BrCl2N/c10-8-6-13-9(12)5-7(8)3-1-2-4-11/h5-6H,2,4H2. The molecule has 0 amide bonds. The third kappa shape index (κ3) is 3.56. The maximum atomic E-state index is 5.70. The summed E-state index contributed by atoms with van der Waals surface area (Å²) in [4.78, 5) is 3.89. The van der Waals surface area contributed by atoms with Crippen LogP contribution >= 0.6 is 39.1 Å². The lowest BCUT2D eigenvalue weighted by atomic mass is 10.3. The molecular formula is C9H6BrCl2N. The second-order valence-electron chi connectivity index (χ2n) is 2.23. The van der Waals surface area contributed by atoms with Crippen molar-refractivity contribution in [3.05, 3.63) is 27.5 Å². The molecule has 0 N–H and O–H groups in total. The lowest BCUT2D eigenvalue weighted by molar-refractivity contribution is 1.28. The second-order valence-corrected chi connectivity index (χ2v) is 3.85. The Morgan fingerprint density at radius 3 is 3.00 bits per heavy atom. The highest BCUT2D eigenvalue weighted by Gasteiger charge is 1.97. The van der Waals surface area contributed by atoms with Crippen molar-refractivity contribution in [1.29, 1.82) is 0 Å². The Hall–Kier alpha value is -0.230. The molecule has 1 rings (SSSR count). The van der Waals surface area contributed by atoms with Gasteiger partial charge in [-0.05, 0) is 22.0 Å². The molecule has 0 aliphatic heterocycles. The molecule has 1 heterocycles. The number of pyridine rings is 1. The van der Waals surface area contributed by atoms with Crippen LogP contribution in [0.25, 0.3) is 0 Å². The van der Waals surface area contributed by atoms with Gasteiger partial charge in [0.25, 0.3) is 0 Å². The zero-order valence-corrected chi connectivity index (χ0v) is 9.75. The van der Waals surface area contributed by atoms with Gasteiger partial charge in [0, 0.05) is 24.1 Å². The molecule has 0 unspecified atom stereocenters. The highest BCUT2D eigenvalue weighted by atomic mass is 79.9. The number of hydrogen-bond acceptors (Lipinski definition) is 1. The van der Waals surface area contributed by atoms with Crippen LogP contribution in [0.1, 0.15) is 12.0 Å². The Kier molecular flexibility index (Phi) is 4.58. The third-order valence-electron chi connectivity index (χ3n) is 1.26. The van der Waals surface area contributed by atoms with Gasteiger partial charge in [-0.3, -0.25) is 0 Å². The molecular weight excluding hydrogens is 273 g/mol. The van der Waals surface area contributed by atoms with Crippen molar-refractivity contribution in [2.24, 2.45) is 0 Å². The number of rotatable bonds is 1. The highest BCUT2D eigenvalue weighted by Crippen LogP contribution is 2.17. The van der Waals surface area contributed by atoms with Gasteiger partial charge in [0.05, 0.1) is 4.47 Å². The molecule has 0 radical (unpaired) electrons. The predicted octanol–water partition coefficient (Wildman–Crippen LogP) is 3.48. The fourth-order valence-electron chi connectivity index (χ4n) is 0.714. The van der Waals surface area contributed by atoms with Crippen molar-refractivity contribution in [3.8, 4) is 11.8 Å². The zero-order valence-electron chi connectivity index (χ0n) is 6.65. The van der Waals surface area contributed by atoms with E-state index < -0.39 is 0 Å². The van der Waals surface area contributed by atoms with E-state index in [1.54, 1.807) is 12.3 Å². The quantitative estimate of drug-likeness (QED) is 0.435. The van der Waals surface area contributed by atoms with Crippen LogP contribution in [0.2, 0.25) is 5.15 Å². The van der Waals surface area contributed by atoms with Crippen LogP contribution in [0.15, 0.2) is 16.7 Å². The van der Waals surface area contributed by atoms with E-state index in [1.807, 2.05) is 0 Å². The molecule has 1 aromatic heterocycles. The van der Waals surface area contributed by atoms with Crippen LogP contribution in [0.4, 0.5) is 0 Å². The Morgan fingerprint density at radius 1 is 1.54 bits per heavy atom. The van der Waals surface area contributed by atoms with Gasteiger partial charge in [-0.25, -0.2) is 4.98 Å². The lowest BCUT2D eigenvalue weighted by Gasteiger charge is -1.94. The molecule has 0 aliphatic carbocycles. The Labute approximate surface area is 95.6 Å². The normalized spacial score (nSPS) is 9.15. The summed E-state index contributed by atoms with van der Waals surface area (Å²) >= 11 is 14.5. The number of aromatic nitrogens is 1. The average molecular weight is 279 g/mol. The monoisotopic (exact) mass is 277 g/mol. The first-order valence-corrected chi connectivity index (χ1v) is 5.30. The highest BCUT2D eigenvalue weighted by molar-refractivity contribution is 9.10. The van der Waals surface area contributed by atoms with E-state index >= 15 is 0 Å². The Balaban J connectivity index is 2.89. The van der Waals surface area contributed by atoms with Crippen LogP contribution in [0, 0.1) is 11.8 Å². The minimum absolute atomic E-state index is 0.443. The van der Waals surface area contributed by atoms with E-state index in [9.17, 15) is 0 Å². The van der Waals surface area contributed by atoms with Gasteiger partial charge in [-0.1, -0.05) is 23.4 Å². The summed E-state index contributed by atoms with van der Waals surface area (Å²) < 4.78 is 0.846. The van der Waals surface area contributed by atoms with Crippen LogP contribution in [0.3, 0.4) is 0 Å². The Bertz CT molecular complexity index is 354. The maximum Gasteiger partial charge on any atom is 0.130 e. The minimum Gasteiger partial charge on any atom is -0.243 e. The maximum absolute atomic E-state index is 5.70. The summed E-state index contributed by atoms with van der Waals surface area (Å²) in [6.45, 7) is 0. The third-order valence-corrected chi connectivity index (χ3v) is 2.29. The van der Waals surface area contributed by atoms with Gasteiger partial charge in [0.1, 0.15) is 5.15 Å². The molecule has 68 valence electrons. The van der Waals surface area contributed by atoms with Gasteiger partial charge in [0.2, 0.25) is 0 Å². The molecule has 13 heavy (non-hydrogen) atoms. The van der Waals surface area contributed by atoms with Gasteiger partial charge in [-0.15, -0.1) is 11.6 Å². The first-order chi connectivity index (χ1) is 6.24. The molecule has 0 bridgehead atoms. The van der Waals surface area contributed by atoms with Gasteiger partial charge >= 0.3 is 0 Å². The molecule has 0 saturated heterocycles. The summed E-state index contributed by atoms with van der Waals surface area (Å²) in [6.07, 6.45) is 2.31. The van der Waals surface area contributed by atoms with E-state index in [-0.39, 0.29) is 0 Å². The van der Waals surface area contributed by atoms with E-state index in [1.165, 1.54) is 0 Å². The molecule has 0 fully saturated rings. The molecule has 0 atom stereocenters. The summed E-state index contributed by atoms with van der Waals surface area (Å²) in [5.41, 5.74) is 0.838. The molecule has 0 spiro atoms. The van der Waals surface area contributed by atoms with E-state index in [2.05, 4.69) is 32.8 Å². The lowest BCUT2D eigenvalue weighted by Crippen LogP contribution is -1.81. The predicted molar refractivity (Wildman–Crippen MR) is 59.2 cm³/mol. The van der Waals surface area contributed by atoms with Crippen LogP contribution < -0.4 is 0 Å². The molecule has 0 aromatic carbocycles. The van der Waals surface area contributed by atoms with Gasteiger partial charge in [-0.2, -0.15) is 0 Å². The van der Waals surface area contributed by atoms with Crippen LogP contribution in [-0.4, -0.2) is 10.9 Å². The minimum atomic E-state index is 0.443. The molecule has 1 nitrogen and oxygen atoms in total. The van der Waals surface area contributed by atoms with Crippen molar-refractivity contribution in [2.45, 2.75) is 6.42 Å². The molecule has 4 heteroatoms. The summed E-state index contributed by atoms with van der Waals surface area (Å²) in [5.74, 6) is 6.42. The SMILES string of the molecule is ClCCC#Cc1cc(Cl)ncc1Br. The van der Waals surface area contributed by atoms with Crippen LogP contribution in [-0.2, 0) is 0 Å². The largest absolute Gasteiger partial charge is 0.243 e. The summed E-state index contributed by atoms with van der Waals surface area (Å²) in [6, 6.07) is 1.72. The van der Waals surface area contributed by atoms with E-state index in [0.29, 0.717) is 17.5 Å². The topological polar surface area (TPSA) is 12.9 Å². The number of nitrogens with zero attached hydrogens (tertiary/aromatic N) is 1. The zero-order chi connectivity index (χ0) is 9.68. The number of hydrogen-bond donors (Lipinski definition) is 0. The number of halogens is 3. The second kappa shape index (κ2) is 5.49. The van der Waals surface area contributed by atoms with E-state index in [0.717, 1.165) is 10.0 Å². The first-order valence-electron chi connectivity index (χ1n) is 3.60. The van der Waals surface area contributed by atoms with Crippen molar-refractivity contribution < 1.29 is 0 Å². The van der Waals surface area contributed by atoms with Crippen molar-refractivity contribution in [3.63, 3.8) is 0 Å². The van der Waals surface area contributed by atoms with Gasteiger partial charge in [0.15, 0.2) is 0 Å². The summed E-state index contributed by atoms with van der Waals surface area (Å²) in [7, 11) is 0. The average Bonchev–Trinajstić information content (AvgIpc) is 2.11. The molecule has 0 aliphatic rings. The van der Waals surface area contributed by atoms with Crippen molar-refractivity contribution >= 4 is 39.1 Å². The van der Waals surface area contributed by atoms with Crippen LogP contribution in [0.5, 0.6) is 0 Å². The van der Waals surface area contributed by atoms with Gasteiger partial charge < -0.3 is 0 Å². The fourth-order valence-corrected chi connectivity index (χ4v) is 1.28. The van der Waals surface area contributed by atoms with Crippen molar-refractivity contribution in [1.82, 2.24) is 4.98 Å². The molecule has 0 saturated carbocycles. The fraction of sp³-hybridized carbons (Fsp3) is 0.222. The summed E-state index contributed by atoms with van der Waals surface area (Å²) in [5, 5.41) is 0.443. The molecule has 1 aromatic rings. The van der Waals surface area contributed by atoms with E-state index in [4.69, 9.17) is 23.2 Å². The Morgan fingerprint density at radius 2 is 2.31 bits per heavy atom. The smallest absolute Gasteiger partial charge is 0.130 e. The number of alkyl halides is 1. The first kappa shape index (κ1) is 10.8. The van der Waals surface area contributed by atoms with Crippen molar-refractivity contribution in [2.75, 3.05) is 5.88 Å².